The average Bonchev–Trinajstić information content (AvgIpc) is 3.09. The van der Waals surface area contributed by atoms with E-state index >= 15 is 4.39 Å². The molecule has 6 nitrogen and oxygen atoms in total. The van der Waals surface area contributed by atoms with E-state index in [4.69, 9.17) is 4.55 Å². The molecule has 2 aliphatic rings. The molecule has 2 aliphatic heterocycles. The standard InChI is InChI=1S/C22H25F2N3O3S/c23-18-6-1-4-15(12-18)19-7-2-5-16(21(19)24)13-20-17(14-25-31(29)30)8-11-27(20)22(28)26-9-3-10-26/h1-2,4-7,12,17,20,25H,3,8-11,13-14H2,(H,29,30)/t17-,20-/m0/s1. The zero-order valence-electron chi connectivity index (χ0n) is 17.0. The average molecular weight is 450 g/mol. The zero-order valence-corrected chi connectivity index (χ0v) is 17.8. The Morgan fingerprint density at radius 3 is 2.61 bits per heavy atom. The van der Waals surface area contributed by atoms with E-state index in [0.29, 0.717) is 29.7 Å². The molecular formula is C22H25F2N3O3S. The molecule has 2 fully saturated rings. The van der Waals surface area contributed by atoms with Crippen LogP contribution in [-0.4, -0.2) is 56.8 Å². The van der Waals surface area contributed by atoms with Gasteiger partial charge >= 0.3 is 6.03 Å². The molecule has 2 saturated heterocycles. The Hall–Kier alpha value is -2.36. The predicted octanol–water partition coefficient (Wildman–Crippen LogP) is 3.42. The smallest absolute Gasteiger partial charge is 0.320 e. The van der Waals surface area contributed by atoms with Crippen molar-refractivity contribution >= 4 is 17.3 Å². The van der Waals surface area contributed by atoms with Gasteiger partial charge in [-0.3, -0.25) is 4.55 Å². The third kappa shape index (κ3) is 4.78. The van der Waals surface area contributed by atoms with Crippen molar-refractivity contribution in [2.45, 2.75) is 25.3 Å². The molecule has 3 atom stereocenters. The molecule has 2 heterocycles. The number of likely N-dealkylation sites (tertiary alicyclic amines) is 2. The van der Waals surface area contributed by atoms with E-state index < -0.39 is 22.9 Å². The van der Waals surface area contributed by atoms with Crippen molar-refractivity contribution in [3.63, 3.8) is 0 Å². The third-order valence-electron chi connectivity index (χ3n) is 6.17. The van der Waals surface area contributed by atoms with Gasteiger partial charge in [-0.2, -0.15) is 0 Å². The second kappa shape index (κ2) is 9.42. The molecule has 0 radical (unpaired) electrons. The topological polar surface area (TPSA) is 72.9 Å². The summed E-state index contributed by atoms with van der Waals surface area (Å²) in [6, 6.07) is 10.4. The first-order valence-corrected chi connectivity index (χ1v) is 11.5. The van der Waals surface area contributed by atoms with Crippen LogP contribution in [0.2, 0.25) is 0 Å². The second-order valence-corrected chi connectivity index (χ2v) is 8.81. The highest BCUT2D eigenvalue weighted by molar-refractivity contribution is 7.77. The summed E-state index contributed by atoms with van der Waals surface area (Å²) in [5, 5.41) is 0. The van der Waals surface area contributed by atoms with E-state index in [1.807, 2.05) is 0 Å². The zero-order chi connectivity index (χ0) is 22.0. The summed E-state index contributed by atoms with van der Waals surface area (Å²) >= 11 is -2.15. The van der Waals surface area contributed by atoms with Gasteiger partial charge in [-0.1, -0.05) is 30.3 Å². The molecule has 0 spiro atoms. The van der Waals surface area contributed by atoms with Crippen molar-refractivity contribution in [3.05, 3.63) is 59.7 Å². The fourth-order valence-corrected chi connectivity index (χ4v) is 4.74. The van der Waals surface area contributed by atoms with Crippen molar-refractivity contribution < 1.29 is 22.3 Å². The second-order valence-electron chi connectivity index (χ2n) is 8.02. The lowest BCUT2D eigenvalue weighted by atomic mass is 9.92. The minimum absolute atomic E-state index is 0.0643. The van der Waals surface area contributed by atoms with Gasteiger partial charge in [0, 0.05) is 37.8 Å². The number of benzene rings is 2. The number of rotatable bonds is 6. The molecule has 0 aromatic heterocycles. The molecule has 0 saturated carbocycles. The van der Waals surface area contributed by atoms with Crippen LogP contribution in [0.5, 0.6) is 0 Å². The minimum atomic E-state index is -2.15. The van der Waals surface area contributed by atoms with Crippen molar-refractivity contribution in [1.82, 2.24) is 14.5 Å². The Morgan fingerprint density at radius 2 is 1.94 bits per heavy atom. The number of carbonyl (C=O) groups is 1. The van der Waals surface area contributed by atoms with Gasteiger partial charge in [0.25, 0.3) is 0 Å². The van der Waals surface area contributed by atoms with Gasteiger partial charge in [0.15, 0.2) is 0 Å². The predicted molar refractivity (Wildman–Crippen MR) is 114 cm³/mol. The fraction of sp³-hybridized carbons (Fsp3) is 0.409. The third-order valence-corrected chi connectivity index (χ3v) is 6.58. The Labute approximate surface area is 182 Å². The number of halogens is 2. The van der Waals surface area contributed by atoms with Crippen LogP contribution in [-0.2, 0) is 17.7 Å². The van der Waals surface area contributed by atoms with Crippen LogP contribution in [0.15, 0.2) is 42.5 Å². The first-order valence-electron chi connectivity index (χ1n) is 10.4. The molecular weight excluding hydrogens is 424 g/mol. The maximum Gasteiger partial charge on any atom is 0.320 e. The molecule has 9 heteroatoms. The lowest BCUT2D eigenvalue weighted by Gasteiger charge is -2.38. The normalized spacial score (nSPS) is 21.8. The quantitative estimate of drug-likeness (QED) is 0.664. The van der Waals surface area contributed by atoms with Crippen molar-refractivity contribution in [2.75, 3.05) is 26.2 Å². The lowest BCUT2D eigenvalue weighted by Crippen LogP contribution is -2.52. The van der Waals surface area contributed by atoms with Crippen LogP contribution >= 0.6 is 0 Å². The van der Waals surface area contributed by atoms with Gasteiger partial charge in [-0.15, -0.1) is 0 Å². The summed E-state index contributed by atoms with van der Waals surface area (Å²) in [6.07, 6.45) is 1.92. The largest absolute Gasteiger partial charge is 0.325 e. The summed E-state index contributed by atoms with van der Waals surface area (Å²) in [6.45, 7) is 2.21. The maximum absolute atomic E-state index is 15.4. The van der Waals surface area contributed by atoms with E-state index in [9.17, 15) is 13.4 Å². The Kier molecular flexibility index (Phi) is 6.64. The van der Waals surface area contributed by atoms with E-state index in [1.54, 1.807) is 34.1 Å². The Morgan fingerprint density at radius 1 is 1.16 bits per heavy atom. The summed E-state index contributed by atoms with van der Waals surface area (Å²) in [7, 11) is 0. The van der Waals surface area contributed by atoms with Gasteiger partial charge in [0.1, 0.15) is 11.6 Å². The van der Waals surface area contributed by atoms with Crippen molar-refractivity contribution in [1.29, 1.82) is 0 Å². The molecule has 4 rings (SSSR count). The minimum Gasteiger partial charge on any atom is -0.325 e. The Balaban J connectivity index is 1.61. The number of nitrogens with one attached hydrogen (secondary N) is 1. The molecule has 2 aromatic carbocycles. The highest BCUT2D eigenvalue weighted by Crippen LogP contribution is 2.32. The number of carbonyl (C=O) groups excluding carboxylic acids is 1. The maximum atomic E-state index is 15.4. The van der Waals surface area contributed by atoms with Gasteiger partial charge in [-0.25, -0.2) is 22.5 Å². The van der Waals surface area contributed by atoms with E-state index in [1.165, 1.54) is 18.2 Å². The monoisotopic (exact) mass is 449 g/mol. The summed E-state index contributed by atoms with van der Waals surface area (Å²) in [4.78, 5) is 16.4. The number of urea groups is 1. The van der Waals surface area contributed by atoms with Gasteiger partial charge in [0.2, 0.25) is 11.3 Å². The van der Waals surface area contributed by atoms with E-state index in [2.05, 4.69) is 4.72 Å². The summed E-state index contributed by atoms with van der Waals surface area (Å²) < 4.78 is 51.8. The molecule has 2 amide bonds. The van der Waals surface area contributed by atoms with Crippen LogP contribution in [0.1, 0.15) is 18.4 Å². The van der Waals surface area contributed by atoms with Crippen LogP contribution in [0.3, 0.4) is 0 Å². The van der Waals surface area contributed by atoms with E-state index in [-0.39, 0.29) is 31.0 Å². The molecule has 166 valence electrons. The number of hydrogen-bond acceptors (Lipinski definition) is 2. The first-order chi connectivity index (χ1) is 14.9. The SMILES string of the molecule is O=C(N1CCC1)N1CC[C@@H](CNS(=O)O)[C@@H]1Cc1cccc(-c2cccc(F)c2)c1F. The number of amides is 2. The van der Waals surface area contributed by atoms with Gasteiger partial charge < -0.3 is 9.80 Å². The molecule has 2 aromatic rings. The molecule has 31 heavy (non-hydrogen) atoms. The summed E-state index contributed by atoms with van der Waals surface area (Å²) in [5.41, 5.74) is 1.19. The fourth-order valence-electron chi connectivity index (χ4n) is 4.38. The molecule has 0 aliphatic carbocycles. The van der Waals surface area contributed by atoms with Crippen LogP contribution < -0.4 is 4.72 Å². The number of hydrogen-bond donors (Lipinski definition) is 2. The van der Waals surface area contributed by atoms with Gasteiger partial charge in [-0.05, 0) is 48.4 Å². The first kappa shape index (κ1) is 21.9. The summed E-state index contributed by atoms with van der Waals surface area (Å²) in [5.74, 6) is -0.958. The van der Waals surface area contributed by atoms with Crippen LogP contribution in [0.25, 0.3) is 11.1 Å². The number of nitrogens with zero attached hydrogens (tertiary/aromatic N) is 2. The van der Waals surface area contributed by atoms with Gasteiger partial charge in [0.05, 0.1) is 0 Å². The Bertz CT molecular complexity index is 986. The lowest BCUT2D eigenvalue weighted by molar-refractivity contribution is 0.118. The molecule has 0 bridgehead atoms. The molecule has 1 unspecified atom stereocenters. The highest BCUT2D eigenvalue weighted by Gasteiger charge is 2.40. The highest BCUT2D eigenvalue weighted by atomic mass is 32.2. The van der Waals surface area contributed by atoms with Crippen LogP contribution in [0, 0.1) is 17.6 Å². The molecule has 2 N–H and O–H groups in total. The van der Waals surface area contributed by atoms with E-state index in [0.717, 1.165) is 19.5 Å². The van der Waals surface area contributed by atoms with Crippen molar-refractivity contribution in [2.24, 2.45) is 5.92 Å². The van der Waals surface area contributed by atoms with Crippen LogP contribution in [0.4, 0.5) is 13.6 Å². The van der Waals surface area contributed by atoms with Crippen molar-refractivity contribution in [3.8, 4) is 11.1 Å².